The van der Waals surface area contributed by atoms with Gasteiger partial charge in [0, 0.05) is 17.8 Å². The summed E-state index contributed by atoms with van der Waals surface area (Å²) < 4.78 is 0. The molecule has 1 N–H and O–H groups in total. The minimum atomic E-state index is -0.506. The van der Waals surface area contributed by atoms with E-state index in [0.29, 0.717) is 22.2 Å². The van der Waals surface area contributed by atoms with Gasteiger partial charge in [0.1, 0.15) is 16.7 Å². The maximum absolute atomic E-state index is 12.6. The molecule has 1 fully saturated rings. The van der Waals surface area contributed by atoms with Crippen LogP contribution in [0.25, 0.3) is 0 Å². The monoisotopic (exact) mass is 335 g/mol. The first-order chi connectivity index (χ1) is 10.5. The first-order valence-corrected chi connectivity index (χ1v) is 7.91. The second kappa shape index (κ2) is 6.86. The van der Waals surface area contributed by atoms with Gasteiger partial charge < -0.3 is 5.32 Å². The second-order valence-corrected chi connectivity index (χ2v) is 6.16. The van der Waals surface area contributed by atoms with Crippen molar-refractivity contribution in [3.8, 4) is 6.07 Å². The number of nitriles is 1. The van der Waals surface area contributed by atoms with Crippen LogP contribution in [0.15, 0.2) is 34.9 Å². The molecule has 1 saturated heterocycles. The molecule has 1 aromatic carbocycles. The molecule has 0 radical (unpaired) electrons. The van der Waals surface area contributed by atoms with Gasteiger partial charge >= 0.3 is 0 Å². The Labute approximate surface area is 137 Å². The Balaban J connectivity index is 2.57. The highest BCUT2D eigenvalue weighted by atomic mass is 35.5. The smallest absolute Gasteiger partial charge is 0.264 e. The van der Waals surface area contributed by atoms with Crippen LogP contribution in [-0.2, 0) is 9.59 Å². The lowest BCUT2D eigenvalue weighted by molar-refractivity contribution is -0.117. The Morgan fingerprint density at radius 3 is 2.59 bits per heavy atom. The molecule has 2 rings (SSSR count). The van der Waals surface area contributed by atoms with E-state index < -0.39 is 5.91 Å². The predicted molar refractivity (Wildman–Crippen MR) is 87.3 cm³/mol. The van der Waals surface area contributed by atoms with E-state index in [1.807, 2.05) is 13.0 Å². The van der Waals surface area contributed by atoms with Crippen molar-refractivity contribution >= 4 is 40.9 Å². The van der Waals surface area contributed by atoms with E-state index >= 15 is 0 Å². The lowest BCUT2D eigenvalue weighted by atomic mass is 10.2. The summed E-state index contributed by atoms with van der Waals surface area (Å²) in [5.74, 6) is -0.644. The fourth-order valence-corrected chi connectivity index (χ4v) is 3.39. The Hall–Kier alpha value is -1.97. The number of carbonyl (C=O) groups excluding carboxylic acids is 2. The average molecular weight is 336 g/mol. The normalized spacial score (nSPS) is 19.8. The van der Waals surface area contributed by atoms with Crippen LogP contribution in [0.1, 0.15) is 13.3 Å². The summed E-state index contributed by atoms with van der Waals surface area (Å²) in [6.45, 7) is 1.89. The third-order valence-corrected chi connectivity index (χ3v) is 4.87. The number of thioether (sulfide) groups is 1. The molecule has 0 bridgehead atoms. The summed E-state index contributed by atoms with van der Waals surface area (Å²) in [7, 11) is 1.45. The fraction of sp³-hybridized carbons (Fsp3) is 0.267. The zero-order chi connectivity index (χ0) is 16.3. The van der Waals surface area contributed by atoms with Crippen LogP contribution >= 0.6 is 23.4 Å². The number of benzene rings is 1. The van der Waals surface area contributed by atoms with E-state index in [0.717, 1.165) is 0 Å². The highest BCUT2D eigenvalue weighted by Crippen LogP contribution is 2.41. The van der Waals surface area contributed by atoms with Crippen molar-refractivity contribution in [1.29, 1.82) is 5.26 Å². The first-order valence-electron chi connectivity index (χ1n) is 6.66. The quantitative estimate of drug-likeness (QED) is 0.681. The zero-order valence-electron chi connectivity index (χ0n) is 12.1. The fourth-order valence-electron chi connectivity index (χ4n) is 2.07. The lowest BCUT2D eigenvalue weighted by Gasteiger charge is -2.18. The number of anilines is 1. The number of halogens is 1. The molecule has 1 aliphatic rings. The molecule has 0 aromatic heterocycles. The van der Waals surface area contributed by atoms with Crippen molar-refractivity contribution in [2.45, 2.75) is 18.6 Å². The van der Waals surface area contributed by atoms with Crippen molar-refractivity contribution in [2.24, 2.45) is 0 Å². The summed E-state index contributed by atoms with van der Waals surface area (Å²) in [6, 6.07) is 8.61. The van der Waals surface area contributed by atoms with Crippen LogP contribution in [0.4, 0.5) is 5.69 Å². The number of amides is 2. The third kappa shape index (κ3) is 2.96. The molecule has 2 amide bonds. The summed E-state index contributed by atoms with van der Waals surface area (Å²) in [5.41, 5.74) is 0.524. The van der Waals surface area contributed by atoms with Crippen LogP contribution in [-0.4, -0.2) is 24.1 Å². The van der Waals surface area contributed by atoms with Gasteiger partial charge in [-0.2, -0.15) is 5.26 Å². The maximum atomic E-state index is 12.6. The molecule has 1 heterocycles. The lowest BCUT2D eigenvalue weighted by Crippen LogP contribution is -2.30. The van der Waals surface area contributed by atoms with Gasteiger partial charge in [-0.25, -0.2) is 0 Å². The molecular weight excluding hydrogens is 322 g/mol. The largest absolute Gasteiger partial charge is 0.354 e. The topological polar surface area (TPSA) is 73.2 Å². The molecule has 1 atom stereocenters. The van der Waals surface area contributed by atoms with Crippen molar-refractivity contribution in [3.63, 3.8) is 0 Å². The average Bonchev–Trinajstić information content (AvgIpc) is 2.85. The van der Waals surface area contributed by atoms with Crippen molar-refractivity contribution in [1.82, 2.24) is 5.32 Å². The van der Waals surface area contributed by atoms with E-state index in [4.69, 9.17) is 11.6 Å². The number of carbonyl (C=O) groups is 2. The van der Waals surface area contributed by atoms with Crippen LogP contribution in [0.2, 0.25) is 5.02 Å². The molecule has 0 spiro atoms. The van der Waals surface area contributed by atoms with E-state index in [-0.39, 0.29) is 16.7 Å². The molecule has 22 heavy (non-hydrogen) atoms. The van der Waals surface area contributed by atoms with Gasteiger partial charge in [0.05, 0.1) is 5.25 Å². The molecule has 7 heteroatoms. The van der Waals surface area contributed by atoms with Gasteiger partial charge in [-0.05, 0) is 30.7 Å². The van der Waals surface area contributed by atoms with Crippen LogP contribution in [0.3, 0.4) is 0 Å². The third-order valence-electron chi connectivity index (χ3n) is 3.19. The predicted octanol–water partition coefficient (Wildman–Crippen LogP) is 2.68. The molecule has 5 nitrogen and oxygen atoms in total. The number of hydrogen-bond acceptors (Lipinski definition) is 4. The van der Waals surface area contributed by atoms with Gasteiger partial charge in [-0.15, -0.1) is 0 Å². The summed E-state index contributed by atoms with van der Waals surface area (Å²) in [5, 5.41) is 12.3. The molecule has 0 saturated carbocycles. The van der Waals surface area contributed by atoms with Gasteiger partial charge in [-0.3, -0.25) is 14.5 Å². The van der Waals surface area contributed by atoms with Gasteiger partial charge in [0.25, 0.3) is 5.91 Å². The van der Waals surface area contributed by atoms with Crippen molar-refractivity contribution in [3.05, 3.63) is 39.9 Å². The first kappa shape index (κ1) is 16.4. The maximum Gasteiger partial charge on any atom is 0.264 e. The van der Waals surface area contributed by atoms with Crippen molar-refractivity contribution < 1.29 is 9.59 Å². The standard InChI is InChI=1S/C15H14ClN3O2S/c1-3-12-14(21)19(10-6-4-9(16)5-7-10)15(22-12)11(8-17)13(20)18-2/h4-7,12H,3H2,1-2H3,(H,18,20). The summed E-state index contributed by atoms with van der Waals surface area (Å²) >= 11 is 7.11. The van der Waals surface area contributed by atoms with E-state index in [1.54, 1.807) is 24.3 Å². The molecule has 1 unspecified atom stereocenters. The minimum Gasteiger partial charge on any atom is -0.354 e. The molecule has 0 aliphatic carbocycles. The van der Waals surface area contributed by atoms with Crippen LogP contribution in [0, 0.1) is 11.3 Å². The highest BCUT2D eigenvalue weighted by molar-refractivity contribution is 8.05. The Morgan fingerprint density at radius 2 is 2.09 bits per heavy atom. The van der Waals surface area contributed by atoms with E-state index in [9.17, 15) is 14.9 Å². The number of hydrogen-bond donors (Lipinski definition) is 1. The Morgan fingerprint density at radius 1 is 1.45 bits per heavy atom. The molecule has 1 aromatic rings. The number of nitrogens with zero attached hydrogens (tertiary/aromatic N) is 2. The number of nitrogens with one attached hydrogen (secondary N) is 1. The second-order valence-electron chi connectivity index (χ2n) is 4.54. The highest BCUT2D eigenvalue weighted by Gasteiger charge is 2.39. The van der Waals surface area contributed by atoms with Gasteiger partial charge in [-0.1, -0.05) is 30.3 Å². The molecule has 114 valence electrons. The van der Waals surface area contributed by atoms with Crippen molar-refractivity contribution in [2.75, 3.05) is 11.9 Å². The van der Waals surface area contributed by atoms with E-state index in [2.05, 4.69) is 5.32 Å². The Kier molecular flexibility index (Phi) is 5.11. The summed E-state index contributed by atoms with van der Waals surface area (Å²) in [6.07, 6.45) is 0.615. The SMILES string of the molecule is CCC1SC(=C(C#N)C(=O)NC)N(c2ccc(Cl)cc2)C1=O. The van der Waals surface area contributed by atoms with Gasteiger partial charge in [0.15, 0.2) is 0 Å². The van der Waals surface area contributed by atoms with Gasteiger partial charge in [0.2, 0.25) is 5.91 Å². The molecule has 1 aliphatic heterocycles. The van der Waals surface area contributed by atoms with Crippen LogP contribution in [0.5, 0.6) is 0 Å². The summed E-state index contributed by atoms with van der Waals surface area (Å²) in [4.78, 5) is 25.9. The minimum absolute atomic E-state index is 0.0632. The Bertz CT molecular complexity index is 679. The zero-order valence-corrected chi connectivity index (χ0v) is 13.7. The number of likely N-dealkylation sites (N-methyl/N-ethyl adjacent to an activating group) is 1. The molecular formula is C15H14ClN3O2S. The van der Waals surface area contributed by atoms with E-state index in [1.165, 1.54) is 23.7 Å². The number of rotatable bonds is 3. The van der Waals surface area contributed by atoms with Crippen LogP contribution < -0.4 is 10.2 Å².